The highest BCUT2D eigenvalue weighted by Gasteiger charge is 2.42. The lowest BCUT2D eigenvalue weighted by molar-refractivity contribution is 0.413. The fourth-order valence-electron chi connectivity index (χ4n) is 2.14. The van der Waals surface area contributed by atoms with Crippen LogP contribution in [0.15, 0.2) is 24.3 Å². The van der Waals surface area contributed by atoms with Gasteiger partial charge in [-0.3, -0.25) is 0 Å². The number of methoxy groups -OCH3 is 1. The number of rotatable bonds is 6. The largest absolute Gasteiger partial charge is 0.497 e. The van der Waals surface area contributed by atoms with E-state index in [2.05, 4.69) is 30.4 Å². The molecule has 96 valence electrons. The first kappa shape index (κ1) is 12.9. The Morgan fingerprint density at radius 3 is 2.56 bits per heavy atom. The number of nitrogens with one attached hydrogen (secondary N) is 1. The fraction of sp³-hybridized carbons (Fsp3) is 0.533. The van der Waals surface area contributed by atoms with Crippen LogP contribution in [0.1, 0.15) is 37.8 Å². The van der Waals surface area contributed by atoms with E-state index in [-0.39, 0.29) is 5.41 Å². The van der Waals surface area contributed by atoms with Crippen LogP contribution in [0.4, 0.5) is 0 Å². The lowest BCUT2D eigenvalue weighted by atomic mass is 10.0. The third-order valence-corrected chi connectivity index (χ3v) is 3.81. The molecule has 0 amide bonds. The zero-order chi connectivity index (χ0) is 13.0. The SMILES string of the molecule is COc1ccc([C@H](C)NCC2(CC#N)CC2)cc1. The highest BCUT2D eigenvalue weighted by atomic mass is 16.5. The lowest BCUT2D eigenvalue weighted by Crippen LogP contribution is -2.26. The highest BCUT2D eigenvalue weighted by Crippen LogP contribution is 2.48. The van der Waals surface area contributed by atoms with Crippen LogP contribution in [0.3, 0.4) is 0 Å². The quantitative estimate of drug-likeness (QED) is 0.836. The Kier molecular flexibility index (Phi) is 3.88. The van der Waals surface area contributed by atoms with Gasteiger partial charge < -0.3 is 10.1 Å². The van der Waals surface area contributed by atoms with Gasteiger partial charge in [-0.25, -0.2) is 0 Å². The molecule has 0 radical (unpaired) electrons. The monoisotopic (exact) mass is 244 g/mol. The smallest absolute Gasteiger partial charge is 0.118 e. The molecule has 0 heterocycles. The topological polar surface area (TPSA) is 45.0 Å². The minimum atomic E-state index is 0.259. The molecule has 1 fully saturated rings. The Morgan fingerprint density at radius 1 is 1.39 bits per heavy atom. The molecule has 0 bridgehead atoms. The van der Waals surface area contributed by atoms with Gasteiger partial charge in [-0.05, 0) is 42.9 Å². The van der Waals surface area contributed by atoms with Crippen LogP contribution < -0.4 is 10.1 Å². The molecule has 1 atom stereocenters. The second kappa shape index (κ2) is 5.41. The molecule has 2 rings (SSSR count). The summed E-state index contributed by atoms with van der Waals surface area (Å²) in [6, 6.07) is 10.7. The van der Waals surface area contributed by atoms with Crippen molar-refractivity contribution in [2.24, 2.45) is 5.41 Å². The summed E-state index contributed by atoms with van der Waals surface area (Å²) in [5, 5.41) is 12.3. The zero-order valence-electron chi connectivity index (χ0n) is 11.1. The Hall–Kier alpha value is -1.53. The van der Waals surface area contributed by atoms with E-state index in [0.717, 1.165) is 12.3 Å². The van der Waals surface area contributed by atoms with E-state index in [1.165, 1.54) is 18.4 Å². The highest BCUT2D eigenvalue weighted by molar-refractivity contribution is 5.28. The van der Waals surface area contributed by atoms with Crippen molar-refractivity contribution in [3.63, 3.8) is 0 Å². The van der Waals surface area contributed by atoms with E-state index in [1.54, 1.807) is 7.11 Å². The molecule has 18 heavy (non-hydrogen) atoms. The van der Waals surface area contributed by atoms with Crippen molar-refractivity contribution in [1.29, 1.82) is 5.26 Å². The van der Waals surface area contributed by atoms with Gasteiger partial charge in [-0.2, -0.15) is 5.26 Å². The van der Waals surface area contributed by atoms with Crippen LogP contribution in [0.5, 0.6) is 5.75 Å². The fourth-order valence-corrected chi connectivity index (χ4v) is 2.14. The third kappa shape index (κ3) is 3.02. The number of hydrogen-bond acceptors (Lipinski definition) is 3. The summed E-state index contributed by atoms with van der Waals surface area (Å²) < 4.78 is 5.15. The summed E-state index contributed by atoms with van der Waals surface area (Å²) in [5.74, 6) is 0.883. The predicted molar refractivity (Wildman–Crippen MR) is 71.3 cm³/mol. The number of ether oxygens (including phenoxy) is 1. The van der Waals surface area contributed by atoms with Gasteiger partial charge in [0, 0.05) is 19.0 Å². The first-order chi connectivity index (χ1) is 8.69. The lowest BCUT2D eigenvalue weighted by Gasteiger charge is -2.18. The van der Waals surface area contributed by atoms with Crippen molar-refractivity contribution >= 4 is 0 Å². The van der Waals surface area contributed by atoms with Crippen LogP contribution in [0, 0.1) is 16.7 Å². The zero-order valence-corrected chi connectivity index (χ0v) is 11.1. The van der Waals surface area contributed by atoms with Crippen LogP contribution in [0.25, 0.3) is 0 Å². The molecular formula is C15H20N2O. The van der Waals surface area contributed by atoms with Crippen molar-refractivity contribution in [2.45, 2.75) is 32.2 Å². The van der Waals surface area contributed by atoms with Crippen LogP contribution in [-0.2, 0) is 0 Å². The Labute approximate surface area is 109 Å². The average molecular weight is 244 g/mol. The van der Waals surface area contributed by atoms with Gasteiger partial charge in [0.2, 0.25) is 0 Å². The van der Waals surface area contributed by atoms with Crippen LogP contribution in [0.2, 0.25) is 0 Å². The van der Waals surface area contributed by atoms with Crippen LogP contribution >= 0.6 is 0 Å². The van der Waals surface area contributed by atoms with Gasteiger partial charge in [0.25, 0.3) is 0 Å². The van der Waals surface area contributed by atoms with Crippen LogP contribution in [-0.4, -0.2) is 13.7 Å². The summed E-state index contributed by atoms with van der Waals surface area (Å²) >= 11 is 0. The van der Waals surface area contributed by atoms with E-state index in [1.807, 2.05) is 12.1 Å². The van der Waals surface area contributed by atoms with Gasteiger partial charge in [0.05, 0.1) is 13.2 Å². The molecule has 1 aromatic rings. The maximum atomic E-state index is 8.79. The molecule has 0 saturated heterocycles. The molecule has 1 aliphatic carbocycles. The van der Waals surface area contributed by atoms with E-state index >= 15 is 0 Å². The van der Waals surface area contributed by atoms with Gasteiger partial charge in [0.15, 0.2) is 0 Å². The number of hydrogen-bond donors (Lipinski definition) is 1. The van der Waals surface area contributed by atoms with Gasteiger partial charge in [0.1, 0.15) is 5.75 Å². The molecule has 1 saturated carbocycles. The second-order valence-electron chi connectivity index (χ2n) is 5.21. The average Bonchev–Trinajstić information content (AvgIpc) is 3.17. The summed E-state index contributed by atoms with van der Waals surface area (Å²) in [7, 11) is 1.68. The number of benzene rings is 1. The van der Waals surface area contributed by atoms with Gasteiger partial charge >= 0.3 is 0 Å². The van der Waals surface area contributed by atoms with E-state index in [9.17, 15) is 0 Å². The summed E-state index contributed by atoms with van der Waals surface area (Å²) in [6.45, 7) is 3.10. The Morgan fingerprint density at radius 2 is 2.06 bits per heavy atom. The number of nitriles is 1. The maximum Gasteiger partial charge on any atom is 0.118 e. The molecule has 0 aliphatic heterocycles. The number of nitrogens with zero attached hydrogens (tertiary/aromatic N) is 1. The Balaban J connectivity index is 1.87. The minimum absolute atomic E-state index is 0.259. The van der Waals surface area contributed by atoms with Crippen molar-refractivity contribution in [3.05, 3.63) is 29.8 Å². The first-order valence-corrected chi connectivity index (χ1v) is 6.43. The second-order valence-corrected chi connectivity index (χ2v) is 5.21. The van der Waals surface area contributed by atoms with E-state index in [4.69, 9.17) is 10.00 Å². The predicted octanol–water partition coefficient (Wildman–Crippen LogP) is 3.04. The van der Waals surface area contributed by atoms with Crippen molar-refractivity contribution < 1.29 is 4.74 Å². The van der Waals surface area contributed by atoms with Crippen molar-refractivity contribution in [3.8, 4) is 11.8 Å². The molecule has 3 nitrogen and oxygen atoms in total. The van der Waals surface area contributed by atoms with Gasteiger partial charge in [-0.15, -0.1) is 0 Å². The van der Waals surface area contributed by atoms with E-state index in [0.29, 0.717) is 12.5 Å². The normalized spacial score (nSPS) is 17.8. The van der Waals surface area contributed by atoms with Gasteiger partial charge in [-0.1, -0.05) is 12.1 Å². The van der Waals surface area contributed by atoms with Crippen molar-refractivity contribution in [1.82, 2.24) is 5.32 Å². The minimum Gasteiger partial charge on any atom is -0.497 e. The standard InChI is InChI=1S/C15H20N2O/c1-12(13-3-5-14(18-2)6-4-13)17-11-15(7-8-15)9-10-16/h3-6,12,17H,7-9,11H2,1-2H3/t12-/m0/s1. The summed E-state index contributed by atoms with van der Waals surface area (Å²) in [5.41, 5.74) is 1.51. The first-order valence-electron chi connectivity index (χ1n) is 6.43. The molecular weight excluding hydrogens is 224 g/mol. The molecule has 1 N–H and O–H groups in total. The molecule has 0 aromatic heterocycles. The summed E-state index contributed by atoms with van der Waals surface area (Å²) in [6.07, 6.45) is 3.04. The molecule has 0 spiro atoms. The Bertz CT molecular complexity index is 429. The molecule has 3 heteroatoms. The molecule has 1 aliphatic rings. The molecule has 1 aromatic carbocycles. The molecule has 0 unspecified atom stereocenters. The third-order valence-electron chi connectivity index (χ3n) is 3.81. The van der Waals surface area contributed by atoms with E-state index < -0.39 is 0 Å². The maximum absolute atomic E-state index is 8.79. The summed E-state index contributed by atoms with van der Waals surface area (Å²) in [4.78, 5) is 0. The van der Waals surface area contributed by atoms with Crippen molar-refractivity contribution in [2.75, 3.05) is 13.7 Å².